The number of rotatable bonds is 6. The number of benzene rings is 1. The average molecular weight is 354 g/mol. The summed E-state index contributed by atoms with van der Waals surface area (Å²) in [5, 5.41) is 5.93. The van der Waals surface area contributed by atoms with Gasteiger partial charge in [0.15, 0.2) is 0 Å². The summed E-state index contributed by atoms with van der Waals surface area (Å²) in [6.07, 6.45) is 1.16. The van der Waals surface area contributed by atoms with E-state index >= 15 is 0 Å². The first-order valence-corrected chi connectivity index (χ1v) is 7.90. The molecule has 1 atom stereocenters. The summed E-state index contributed by atoms with van der Waals surface area (Å²) >= 11 is 3.45. The Morgan fingerprint density at radius 3 is 2.86 bits per heavy atom. The van der Waals surface area contributed by atoms with Gasteiger partial charge in [-0.25, -0.2) is 0 Å². The zero-order valence-corrected chi connectivity index (χ0v) is 13.6. The maximum absolute atomic E-state index is 12.1. The Hall–Kier alpha value is -1.40. The van der Waals surface area contributed by atoms with Gasteiger partial charge in [-0.3, -0.25) is 9.59 Å². The van der Waals surface area contributed by atoms with Crippen molar-refractivity contribution < 1.29 is 9.59 Å². The summed E-state index contributed by atoms with van der Waals surface area (Å²) in [4.78, 5) is 25.9. The summed E-state index contributed by atoms with van der Waals surface area (Å²) in [7, 11) is 1.88. The van der Waals surface area contributed by atoms with Gasteiger partial charge >= 0.3 is 0 Å². The van der Waals surface area contributed by atoms with E-state index in [1.165, 1.54) is 0 Å². The van der Waals surface area contributed by atoms with Gasteiger partial charge in [0.05, 0.1) is 11.6 Å². The number of halogens is 1. The van der Waals surface area contributed by atoms with E-state index < -0.39 is 0 Å². The molecule has 6 heteroatoms. The molecule has 1 unspecified atom stereocenters. The van der Waals surface area contributed by atoms with Crippen molar-refractivity contribution in [3.63, 3.8) is 0 Å². The van der Waals surface area contributed by atoms with Crippen molar-refractivity contribution in [2.75, 3.05) is 31.6 Å². The van der Waals surface area contributed by atoms with Gasteiger partial charge in [0.1, 0.15) is 0 Å². The van der Waals surface area contributed by atoms with Crippen LogP contribution in [0.3, 0.4) is 0 Å². The Morgan fingerprint density at radius 1 is 1.38 bits per heavy atom. The van der Waals surface area contributed by atoms with Crippen LogP contribution in [-0.4, -0.2) is 38.5 Å². The van der Waals surface area contributed by atoms with Crippen molar-refractivity contribution in [2.24, 2.45) is 5.92 Å². The molecule has 1 aliphatic rings. The molecule has 0 aliphatic carbocycles. The van der Waals surface area contributed by atoms with E-state index in [4.69, 9.17) is 0 Å². The molecule has 0 aromatic heterocycles. The van der Waals surface area contributed by atoms with Crippen LogP contribution >= 0.6 is 15.9 Å². The minimum Gasteiger partial charge on any atom is -0.356 e. The van der Waals surface area contributed by atoms with Crippen LogP contribution in [0.4, 0.5) is 5.69 Å². The van der Waals surface area contributed by atoms with Crippen molar-refractivity contribution in [1.82, 2.24) is 10.6 Å². The molecule has 1 aromatic rings. The lowest BCUT2D eigenvalue weighted by molar-refractivity contribution is -0.126. The fourth-order valence-electron chi connectivity index (χ4n) is 2.41. The van der Waals surface area contributed by atoms with Crippen molar-refractivity contribution in [2.45, 2.75) is 12.8 Å². The SMILES string of the molecule is CNCCCNC(=O)C1CC(=O)N(c2ccccc2Br)C1. The molecule has 0 bridgehead atoms. The number of nitrogens with zero attached hydrogens (tertiary/aromatic N) is 1. The first-order valence-electron chi connectivity index (χ1n) is 7.10. The monoisotopic (exact) mass is 353 g/mol. The molecule has 1 aliphatic heterocycles. The second-order valence-corrected chi connectivity index (χ2v) is 5.96. The van der Waals surface area contributed by atoms with Gasteiger partial charge in [-0.15, -0.1) is 0 Å². The topological polar surface area (TPSA) is 61.4 Å². The lowest BCUT2D eigenvalue weighted by Crippen LogP contribution is -2.34. The van der Waals surface area contributed by atoms with Crippen LogP contribution in [-0.2, 0) is 9.59 Å². The van der Waals surface area contributed by atoms with Gasteiger partial charge in [-0.1, -0.05) is 12.1 Å². The fourth-order valence-corrected chi connectivity index (χ4v) is 2.91. The van der Waals surface area contributed by atoms with Crippen LogP contribution in [0.5, 0.6) is 0 Å². The molecule has 1 heterocycles. The van der Waals surface area contributed by atoms with Crippen LogP contribution in [0.1, 0.15) is 12.8 Å². The summed E-state index contributed by atoms with van der Waals surface area (Å²) in [6, 6.07) is 7.57. The van der Waals surface area contributed by atoms with Crippen molar-refractivity contribution in [1.29, 1.82) is 0 Å². The molecule has 0 spiro atoms. The molecule has 0 saturated carbocycles. The van der Waals surface area contributed by atoms with E-state index in [2.05, 4.69) is 26.6 Å². The van der Waals surface area contributed by atoms with Crippen molar-refractivity contribution >= 4 is 33.4 Å². The maximum atomic E-state index is 12.1. The second kappa shape index (κ2) is 7.56. The zero-order chi connectivity index (χ0) is 15.2. The molecule has 5 nitrogen and oxygen atoms in total. The molecule has 1 aromatic carbocycles. The summed E-state index contributed by atoms with van der Waals surface area (Å²) < 4.78 is 0.869. The van der Waals surface area contributed by atoms with Crippen LogP contribution in [0.25, 0.3) is 0 Å². The highest BCUT2D eigenvalue weighted by atomic mass is 79.9. The highest BCUT2D eigenvalue weighted by molar-refractivity contribution is 9.10. The second-order valence-electron chi connectivity index (χ2n) is 5.10. The maximum Gasteiger partial charge on any atom is 0.227 e. The predicted molar refractivity (Wildman–Crippen MR) is 86.2 cm³/mol. The third-order valence-corrected chi connectivity index (χ3v) is 4.21. The van der Waals surface area contributed by atoms with Crippen molar-refractivity contribution in [3.8, 4) is 0 Å². The molecular weight excluding hydrogens is 334 g/mol. The number of amides is 2. The summed E-state index contributed by atoms with van der Waals surface area (Å²) in [6.45, 7) is 1.95. The number of carbonyl (C=O) groups is 2. The Balaban J connectivity index is 1.93. The van der Waals surface area contributed by atoms with Gasteiger partial charge in [-0.2, -0.15) is 0 Å². The van der Waals surface area contributed by atoms with E-state index in [0.717, 1.165) is 23.1 Å². The smallest absolute Gasteiger partial charge is 0.227 e. The Kier molecular flexibility index (Phi) is 5.76. The largest absolute Gasteiger partial charge is 0.356 e. The summed E-state index contributed by atoms with van der Waals surface area (Å²) in [5.41, 5.74) is 0.827. The van der Waals surface area contributed by atoms with E-state index in [1.807, 2.05) is 31.3 Å². The van der Waals surface area contributed by atoms with E-state index in [9.17, 15) is 9.59 Å². The Labute approximate surface area is 133 Å². The average Bonchev–Trinajstić information content (AvgIpc) is 2.86. The molecule has 1 fully saturated rings. The molecule has 0 radical (unpaired) electrons. The first kappa shape index (κ1) is 16.0. The Bertz CT molecular complexity index is 521. The van der Waals surface area contributed by atoms with Crippen LogP contribution < -0.4 is 15.5 Å². The minimum absolute atomic E-state index is 0.00252. The minimum atomic E-state index is -0.265. The molecule has 21 heavy (non-hydrogen) atoms. The third kappa shape index (κ3) is 4.04. The van der Waals surface area contributed by atoms with E-state index in [-0.39, 0.29) is 24.2 Å². The van der Waals surface area contributed by atoms with Crippen molar-refractivity contribution in [3.05, 3.63) is 28.7 Å². The number of nitrogens with one attached hydrogen (secondary N) is 2. The van der Waals surface area contributed by atoms with Crippen LogP contribution in [0, 0.1) is 5.92 Å². The standard InChI is InChI=1S/C15H20BrN3O2/c1-17-7-4-8-18-15(21)11-9-14(20)19(10-11)13-6-3-2-5-12(13)16/h2-3,5-6,11,17H,4,7-10H2,1H3,(H,18,21). The number of carbonyl (C=O) groups excluding carboxylic acids is 2. The number of anilines is 1. The van der Waals surface area contributed by atoms with E-state index in [1.54, 1.807) is 4.90 Å². The van der Waals surface area contributed by atoms with Crippen LogP contribution in [0.2, 0.25) is 0 Å². The third-order valence-electron chi connectivity index (χ3n) is 3.54. The molecule has 1 saturated heterocycles. The molecule has 2 amide bonds. The van der Waals surface area contributed by atoms with E-state index in [0.29, 0.717) is 13.1 Å². The van der Waals surface area contributed by atoms with Crippen LogP contribution in [0.15, 0.2) is 28.7 Å². The predicted octanol–water partition coefficient (Wildman–Crippen LogP) is 1.53. The summed E-state index contributed by atoms with van der Waals surface area (Å²) in [5.74, 6) is -0.300. The molecule has 2 rings (SSSR count). The normalized spacial score (nSPS) is 18.1. The number of para-hydroxylation sites is 1. The quantitative estimate of drug-likeness (QED) is 0.762. The van der Waals surface area contributed by atoms with Gasteiger partial charge in [0, 0.05) is 24.0 Å². The van der Waals surface area contributed by atoms with Gasteiger partial charge in [0.2, 0.25) is 11.8 Å². The Morgan fingerprint density at radius 2 is 2.14 bits per heavy atom. The lowest BCUT2D eigenvalue weighted by Gasteiger charge is -2.18. The molecular formula is C15H20BrN3O2. The van der Waals surface area contributed by atoms with Gasteiger partial charge in [-0.05, 0) is 48.1 Å². The fraction of sp³-hybridized carbons (Fsp3) is 0.467. The van der Waals surface area contributed by atoms with Gasteiger partial charge in [0.25, 0.3) is 0 Å². The highest BCUT2D eigenvalue weighted by Gasteiger charge is 2.35. The zero-order valence-electron chi connectivity index (χ0n) is 12.1. The lowest BCUT2D eigenvalue weighted by atomic mass is 10.1. The highest BCUT2D eigenvalue weighted by Crippen LogP contribution is 2.31. The molecule has 114 valence electrons. The number of hydrogen-bond acceptors (Lipinski definition) is 3. The molecule has 2 N–H and O–H groups in total. The first-order chi connectivity index (χ1) is 10.1. The van der Waals surface area contributed by atoms with Gasteiger partial charge < -0.3 is 15.5 Å². The number of hydrogen-bond donors (Lipinski definition) is 2.